The van der Waals surface area contributed by atoms with E-state index in [-0.39, 0.29) is 53.4 Å². The van der Waals surface area contributed by atoms with Crippen molar-refractivity contribution in [2.45, 2.75) is 138 Å². The van der Waals surface area contributed by atoms with Crippen LogP contribution in [0.15, 0.2) is 6.07 Å². The van der Waals surface area contributed by atoms with Gasteiger partial charge in [-0.3, -0.25) is 19.2 Å². The molecule has 5 heteroatoms. The van der Waals surface area contributed by atoms with Gasteiger partial charge in [0.2, 0.25) is 0 Å². The molecule has 0 saturated carbocycles. The molecule has 40 heavy (non-hydrogen) atoms. The minimum Gasteiger partial charge on any atom is -0.466 e. The second kappa shape index (κ2) is 16.8. The molecule has 0 N–H and O–H groups in total. The summed E-state index contributed by atoms with van der Waals surface area (Å²) in [5.41, 5.74) is 5.30. The Morgan fingerprint density at radius 3 is 2.35 bits per heavy atom. The van der Waals surface area contributed by atoms with E-state index in [0.717, 1.165) is 80.0 Å². The number of carbonyl (C=O) groups is 4. The number of benzene rings is 1. The molecule has 5 nitrogen and oxygen atoms in total. The highest BCUT2D eigenvalue weighted by atomic mass is 16.5. The third-order valence-electron chi connectivity index (χ3n) is 8.70. The predicted molar refractivity (Wildman–Crippen MR) is 162 cm³/mol. The Balaban J connectivity index is 2.22. The SMILES string of the molecule is CCCCCCOC(=O)CCc1cc(C(C)C)c2c(c1C)C(=O)CC(CC(CCC)C(CC)C(=O)CC(C)=O)C2. The number of unbranched alkanes of at least 4 members (excludes halogenated alkanes) is 3. The monoisotopic (exact) mass is 554 g/mol. The van der Waals surface area contributed by atoms with Gasteiger partial charge in [-0.05, 0) is 86.0 Å². The van der Waals surface area contributed by atoms with Crippen LogP contribution in [0, 0.1) is 24.7 Å². The zero-order valence-corrected chi connectivity index (χ0v) is 26.3. The highest BCUT2D eigenvalue weighted by Crippen LogP contribution is 2.40. The fraction of sp³-hybridized carbons (Fsp3) is 0.714. The fourth-order valence-electron chi connectivity index (χ4n) is 6.68. The van der Waals surface area contributed by atoms with Crippen molar-refractivity contribution in [1.29, 1.82) is 0 Å². The second-order valence-electron chi connectivity index (χ2n) is 12.4. The number of hydrogen-bond acceptors (Lipinski definition) is 5. The van der Waals surface area contributed by atoms with E-state index in [0.29, 0.717) is 25.9 Å². The molecule has 0 heterocycles. The first-order valence-corrected chi connectivity index (χ1v) is 15.9. The van der Waals surface area contributed by atoms with E-state index in [9.17, 15) is 19.2 Å². The largest absolute Gasteiger partial charge is 0.466 e. The summed E-state index contributed by atoms with van der Waals surface area (Å²) in [5.74, 6) is 0.519. The van der Waals surface area contributed by atoms with Gasteiger partial charge in [-0.1, -0.05) is 72.8 Å². The van der Waals surface area contributed by atoms with Crippen LogP contribution in [0.5, 0.6) is 0 Å². The minimum absolute atomic E-state index is 0.0109. The van der Waals surface area contributed by atoms with Crippen molar-refractivity contribution >= 4 is 23.3 Å². The van der Waals surface area contributed by atoms with Gasteiger partial charge in [0.05, 0.1) is 13.0 Å². The van der Waals surface area contributed by atoms with Gasteiger partial charge >= 0.3 is 5.97 Å². The normalized spacial score (nSPS) is 16.5. The van der Waals surface area contributed by atoms with E-state index in [1.54, 1.807) is 0 Å². The lowest BCUT2D eigenvalue weighted by Gasteiger charge is -2.33. The molecule has 0 spiro atoms. The molecule has 224 valence electrons. The first kappa shape index (κ1) is 33.9. The standard InChI is InChI=1S/C35H54O5/c1-8-11-12-13-17-40-34(39)16-15-27-22-30(23(4)5)31-20-26(21-33(38)35(31)25(27)7)19-28(14-9-2)29(10-3)32(37)18-24(6)36/h22-23,26,28-29H,8-21H2,1-7H3. The van der Waals surface area contributed by atoms with Gasteiger partial charge in [0.15, 0.2) is 5.78 Å². The smallest absolute Gasteiger partial charge is 0.306 e. The van der Waals surface area contributed by atoms with Gasteiger partial charge in [-0.25, -0.2) is 0 Å². The summed E-state index contributed by atoms with van der Waals surface area (Å²) in [6.45, 7) is 14.7. The van der Waals surface area contributed by atoms with Crippen LogP contribution in [0.25, 0.3) is 0 Å². The second-order valence-corrected chi connectivity index (χ2v) is 12.4. The Labute approximate surface area is 243 Å². The van der Waals surface area contributed by atoms with Gasteiger partial charge in [-0.2, -0.15) is 0 Å². The van der Waals surface area contributed by atoms with Crippen LogP contribution in [0.3, 0.4) is 0 Å². The number of hydrogen-bond donors (Lipinski definition) is 0. The summed E-state index contributed by atoms with van der Waals surface area (Å²) in [4.78, 5) is 50.6. The summed E-state index contributed by atoms with van der Waals surface area (Å²) in [7, 11) is 0. The molecule has 0 amide bonds. The van der Waals surface area contributed by atoms with Crippen LogP contribution in [-0.2, 0) is 32.0 Å². The molecule has 0 aromatic heterocycles. The zero-order chi connectivity index (χ0) is 29.8. The third-order valence-corrected chi connectivity index (χ3v) is 8.70. The molecular weight excluding hydrogens is 500 g/mol. The molecule has 0 bridgehead atoms. The van der Waals surface area contributed by atoms with E-state index in [1.165, 1.54) is 12.5 Å². The summed E-state index contributed by atoms with van der Waals surface area (Å²) in [6, 6.07) is 2.22. The Morgan fingerprint density at radius 1 is 1.02 bits per heavy atom. The number of carbonyl (C=O) groups excluding carboxylic acids is 4. The summed E-state index contributed by atoms with van der Waals surface area (Å²) < 4.78 is 5.45. The first-order chi connectivity index (χ1) is 19.0. The molecule has 3 atom stereocenters. The summed E-state index contributed by atoms with van der Waals surface area (Å²) >= 11 is 0. The molecule has 2 rings (SSSR count). The maximum absolute atomic E-state index is 13.7. The molecule has 1 aromatic carbocycles. The maximum Gasteiger partial charge on any atom is 0.306 e. The average molecular weight is 555 g/mol. The van der Waals surface area contributed by atoms with Gasteiger partial charge in [0.25, 0.3) is 0 Å². The Morgan fingerprint density at radius 2 is 1.75 bits per heavy atom. The van der Waals surface area contributed by atoms with Gasteiger partial charge in [-0.15, -0.1) is 0 Å². The van der Waals surface area contributed by atoms with Crippen LogP contribution in [0.4, 0.5) is 0 Å². The molecule has 0 radical (unpaired) electrons. The molecule has 1 aliphatic carbocycles. The molecule has 0 saturated heterocycles. The first-order valence-electron chi connectivity index (χ1n) is 15.9. The van der Waals surface area contributed by atoms with Crippen LogP contribution in [-0.4, -0.2) is 29.9 Å². The lowest BCUT2D eigenvalue weighted by Crippen LogP contribution is -2.30. The van der Waals surface area contributed by atoms with Crippen molar-refractivity contribution in [3.8, 4) is 0 Å². The number of ether oxygens (including phenoxy) is 1. The third kappa shape index (κ3) is 9.66. The number of ketones is 3. The van der Waals surface area contributed by atoms with Gasteiger partial charge in [0.1, 0.15) is 11.6 Å². The molecule has 1 aliphatic rings. The van der Waals surface area contributed by atoms with Crippen molar-refractivity contribution in [3.63, 3.8) is 0 Å². The fourth-order valence-corrected chi connectivity index (χ4v) is 6.68. The number of fused-ring (bicyclic) bond motifs is 1. The van der Waals surface area contributed by atoms with Crippen molar-refractivity contribution in [1.82, 2.24) is 0 Å². The van der Waals surface area contributed by atoms with Crippen LogP contribution < -0.4 is 0 Å². The minimum atomic E-state index is -0.169. The number of Topliss-reactive ketones (excluding diaryl/α,β-unsaturated/α-hetero) is 3. The molecule has 0 fully saturated rings. The van der Waals surface area contributed by atoms with Gasteiger partial charge in [0, 0.05) is 24.3 Å². The Hall–Kier alpha value is -2.30. The average Bonchev–Trinajstić information content (AvgIpc) is 2.87. The van der Waals surface area contributed by atoms with Crippen molar-refractivity contribution in [2.24, 2.45) is 17.8 Å². The van der Waals surface area contributed by atoms with E-state index >= 15 is 0 Å². The summed E-state index contributed by atoms with van der Waals surface area (Å²) in [5, 5.41) is 0. The topological polar surface area (TPSA) is 77.5 Å². The molecule has 0 aliphatic heterocycles. The Kier molecular flexibility index (Phi) is 14.3. The van der Waals surface area contributed by atoms with Crippen LogP contribution >= 0.6 is 0 Å². The van der Waals surface area contributed by atoms with Crippen molar-refractivity contribution < 1.29 is 23.9 Å². The molecular formula is C35H54O5. The molecule has 3 unspecified atom stereocenters. The highest BCUT2D eigenvalue weighted by molar-refractivity contribution is 6.01. The quantitative estimate of drug-likeness (QED) is 0.104. The van der Waals surface area contributed by atoms with Crippen molar-refractivity contribution in [3.05, 3.63) is 33.9 Å². The van der Waals surface area contributed by atoms with Gasteiger partial charge < -0.3 is 4.74 Å². The predicted octanol–water partition coefficient (Wildman–Crippen LogP) is 8.30. The Bertz CT molecular complexity index is 1020. The zero-order valence-electron chi connectivity index (χ0n) is 26.3. The lowest BCUT2D eigenvalue weighted by atomic mass is 9.70. The number of esters is 1. The highest BCUT2D eigenvalue weighted by Gasteiger charge is 2.34. The number of rotatable bonds is 18. The van der Waals surface area contributed by atoms with Crippen molar-refractivity contribution in [2.75, 3.05) is 6.61 Å². The lowest BCUT2D eigenvalue weighted by molar-refractivity contribution is -0.143. The van der Waals surface area contributed by atoms with E-state index in [2.05, 4.69) is 33.8 Å². The van der Waals surface area contributed by atoms with Crippen LogP contribution in [0.2, 0.25) is 0 Å². The van der Waals surface area contributed by atoms with E-state index in [1.807, 2.05) is 13.8 Å². The maximum atomic E-state index is 13.7. The molecule has 1 aromatic rings. The van der Waals surface area contributed by atoms with E-state index in [4.69, 9.17) is 4.74 Å². The number of aryl methyl sites for hydroxylation is 1. The van der Waals surface area contributed by atoms with Crippen LogP contribution in [0.1, 0.15) is 151 Å². The van der Waals surface area contributed by atoms with E-state index < -0.39 is 0 Å². The summed E-state index contributed by atoms with van der Waals surface area (Å²) in [6.07, 6.45) is 10.0.